The average molecular weight is 264 g/mol. The number of aliphatic hydroxyl groups is 2. The van der Waals surface area contributed by atoms with Gasteiger partial charge in [0.1, 0.15) is 0 Å². The number of rotatable bonds is 7. The molecule has 19 heavy (non-hydrogen) atoms. The van der Waals surface area contributed by atoms with Crippen LogP contribution in [0.25, 0.3) is 0 Å². The van der Waals surface area contributed by atoms with Gasteiger partial charge >= 0.3 is 0 Å². The summed E-state index contributed by atoms with van der Waals surface area (Å²) in [6.45, 7) is 3.54. The molecule has 1 aliphatic rings. The normalized spacial score (nSPS) is 21.7. The van der Waals surface area contributed by atoms with Gasteiger partial charge in [0.2, 0.25) is 0 Å². The molecular weight excluding hydrogens is 240 g/mol. The van der Waals surface area contributed by atoms with E-state index >= 15 is 0 Å². The van der Waals surface area contributed by atoms with E-state index in [0.717, 1.165) is 32.5 Å². The van der Waals surface area contributed by atoms with Crippen molar-refractivity contribution in [3.63, 3.8) is 0 Å². The zero-order valence-corrected chi connectivity index (χ0v) is 11.3. The van der Waals surface area contributed by atoms with E-state index in [0.29, 0.717) is 12.6 Å². The van der Waals surface area contributed by atoms with E-state index in [1.165, 1.54) is 5.56 Å². The minimum atomic E-state index is -0.640. The molecule has 0 bridgehead atoms. The van der Waals surface area contributed by atoms with Gasteiger partial charge in [-0.15, -0.1) is 0 Å². The van der Waals surface area contributed by atoms with Crippen LogP contribution in [0.4, 0.5) is 0 Å². The lowest BCUT2D eigenvalue weighted by atomic mass is 10.1. The molecule has 2 rings (SSSR count). The third-order valence-electron chi connectivity index (χ3n) is 3.68. The molecule has 0 radical (unpaired) electrons. The molecule has 0 amide bonds. The Hall–Kier alpha value is -0.940. The molecule has 3 N–H and O–H groups in total. The average Bonchev–Trinajstić information content (AvgIpc) is 2.91. The lowest BCUT2D eigenvalue weighted by Gasteiger charge is -2.17. The molecule has 1 saturated heterocycles. The van der Waals surface area contributed by atoms with E-state index < -0.39 is 6.10 Å². The molecule has 0 spiro atoms. The number of hydrogen-bond acceptors (Lipinski definition) is 4. The molecule has 0 aromatic heterocycles. The number of benzene rings is 1. The summed E-state index contributed by atoms with van der Waals surface area (Å²) >= 11 is 0. The van der Waals surface area contributed by atoms with Gasteiger partial charge in [-0.3, -0.25) is 0 Å². The van der Waals surface area contributed by atoms with Gasteiger partial charge < -0.3 is 20.4 Å². The largest absolute Gasteiger partial charge is 0.394 e. The standard InChI is InChI=1S/C15H24N2O2/c18-12-15(19)10-16-14-7-9-17(11-14)8-6-13-4-2-1-3-5-13/h1-5,14-16,18-19H,6-12H2. The summed E-state index contributed by atoms with van der Waals surface area (Å²) in [4.78, 5) is 2.45. The van der Waals surface area contributed by atoms with E-state index in [9.17, 15) is 5.11 Å². The fourth-order valence-electron chi connectivity index (χ4n) is 2.50. The molecule has 4 heteroatoms. The Bertz CT molecular complexity index is 358. The first kappa shape index (κ1) is 14.5. The molecule has 1 aliphatic heterocycles. The summed E-state index contributed by atoms with van der Waals surface area (Å²) in [7, 11) is 0. The quantitative estimate of drug-likeness (QED) is 0.661. The first-order valence-electron chi connectivity index (χ1n) is 7.06. The lowest BCUT2D eigenvalue weighted by molar-refractivity contribution is 0.0920. The number of nitrogens with one attached hydrogen (secondary N) is 1. The molecule has 1 aromatic carbocycles. The van der Waals surface area contributed by atoms with Crippen LogP contribution < -0.4 is 5.32 Å². The van der Waals surface area contributed by atoms with Crippen molar-refractivity contribution in [1.82, 2.24) is 10.2 Å². The highest BCUT2D eigenvalue weighted by Gasteiger charge is 2.21. The summed E-state index contributed by atoms with van der Waals surface area (Å²) in [6, 6.07) is 11.0. The van der Waals surface area contributed by atoms with Gasteiger partial charge in [0.15, 0.2) is 0 Å². The maximum atomic E-state index is 9.31. The number of nitrogens with zero attached hydrogens (tertiary/aromatic N) is 1. The molecule has 2 atom stereocenters. The fourth-order valence-corrected chi connectivity index (χ4v) is 2.50. The van der Waals surface area contributed by atoms with Crippen LogP contribution in [-0.2, 0) is 6.42 Å². The highest BCUT2D eigenvalue weighted by atomic mass is 16.3. The summed E-state index contributed by atoms with van der Waals surface area (Å²) in [6.07, 6.45) is 1.57. The molecule has 4 nitrogen and oxygen atoms in total. The third kappa shape index (κ3) is 4.91. The molecule has 1 fully saturated rings. The van der Waals surface area contributed by atoms with E-state index in [2.05, 4.69) is 34.5 Å². The van der Waals surface area contributed by atoms with Gasteiger partial charge in [-0.25, -0.2) is 0 Å². The van der Waals surface area contributed by atoms with Crippen molar-refractivity contribution < 1.29 is 10.2 Å². The Balaban J connectivity index is 1.65. The van der Waals surface area contributed by atoms with Crippen LogP contribution in [0, 0.1) is 0 Å². The fraction of sp³-hybridized carbons (Fsp3) is 0.600. The summed E-state index contributed by atoms with van der Waals surface area (Å²) in [5.74, 6) is 0. The van der Waals surface area contributed by atoms with E-state index in [-0.39, 0.29) is 6.61 Å². The van der Waals surface area contributed by atoms with Crippen molar-refractivity contribution in [3.05, 3.63) is 35.9 Å². The smallest absolute Gasteiger partial charge is 0.0895 e. The van der Waals surface area contributed by atoms with Crippen molar-refractivity contribution in [2.75, 3.05) is 32.8 Å². The highest BCUT2D eigenvalue weighted by molar-refractivity contribution is 5.14. The predicted octanol–water partition coefficient (Wildman–Crippen LogP) is 0.246. The maximum Gasteiger partial charge on any atom is 0.0895 e. The number of aliphatic hydroxyl groups excluding tert-OH is 2. The molecule has 0 saturated carbocycles. The van der Waals surface area contributed by atoms with Crippen LogP contribution in [0.1, 0.15) is 12.0 Å². The van der Waals surface area contributed by atoms with Gasteiger partial charge in [0, 0.05) is 25.7 Å². The molecule has 1 heterocycles. The maximum absolute atomic E-state index is 9.31. The SMILES string of the molecule is OCC(O)CNC1CCN(CCc2ccccc2)C1. The van der Waals surface area contributed by atoms with Gasteiger partial charge in [0.05, 0.1) is 12.7 Å². The van der Waals surface area contributed by atoms with Crippen molar-refractivity contribution in [2.24, 2.45) is 0 Å². The van der Waals surface area contributed by atoms with Crippen LogP contribution in [-0.4, -0.2) is 60.0 Å². The summed E-state index contributed by atoms with van der Waals surface area (Å²) in [5.41, 5.74) is 1.38. The van der Waals surface area contributed by atoms with E-state index in [4.69, 9.17) is 5.11 Å². The van der Waals surface area contributed by atoms with Crippen LogP contribution >= 0.6 is 0 Å². The second-order valence-corrected chi connectivity index (χ2v) is 5.27. The number of likely N-dealkylation sites (tertiary alicyclic amines) is 1. The molecular formula is C15H24N2O2. The van der Waals surface area contributed by atoms with Crippen molar-refractivity contribution in [3.8, 4) is 0 Å². The predicted molar refractivity (Wildman–Crippen MR) is 76.1 cm³/mol. The minimum absolute atomic E-state index is 0.169. The Morgan fingerprint density at radius 1 is 1.32 bits per heavy atom. The first-order chi connectivity index (χ1) is 9.28. The van der Waals surface area contributed by atoms with Gasteiger partial charge in [-0.2, -0.15) is 0 Å². The van der Waals surface area contributed by atoms with E-state index in [1.54, 1.807) is 0 Å². The Kier molecular flexibility index (Phi) is 5.79. The Morgan fingerprint density at radius 2 is 2.11 bits per heavy atom. The number of hydrogen-bond donors (Lipinski definition) is 3. The van der Waals surface area contributed by atoms with Crippen LogP contribution in [0.15, 0.2) is 30.3 Å². The van der Waals surface area contributed by atoms with Gasteiger partial charge in [-0.1, -0.05) is 30.3 Å². The molecule has 0 aliphatic carbocycles. The minimum Gasteiger partial charge on any atom is -0.394 e. The second-order valence-electron chi connectivity index (χ2n) is 5.27. The first-order valence-corrected chi connectivity index (χ1v) is 7.06. The second kappa shape index (κ2) is 7.60. The molecule has 1 aromatic rings. The highest BCUT2D eigenvalue weighted by Crippen LogP contribution is 2.10. The van der Waals surface area contributed by atoms with Crippen molar-refractivity contribution >= 4 is 0 Å². The summed E-state index contributed by atoms with van der Waals surface area (Å²) < 4.78 is 0. The lowest BCUT2D eigenvalue weighted by Crippen LogP contribution is -2.38. The Labute approximate surface area is 115 Å². The van der Waals surface area contributed by atoms with Crippen LogP contribution in [0.3, 0.4) is 0 Å². The topological polar surface area (TPSA) is 55.7 Å². The van der Waals surface area contributed by atoms with Crippen LogP contribution in [0.5, 0.6) is 0 Å². The Morgan fingerprint density at radius 3 is 2.84 bits per heavy atom. The zero-order valence-electron chi connectivity index (χ0n) is 11.3. The summed E-state index contributed by atoms with van der Waals surface area (Å²) in [5, 5.41) is 21.4. The van der Waals surface area contributed by atoms with Crippen molar-refractivity contribution in [1.29, 1.82) is 0 Å². The van der Waals surface area contributed by atoms with E-state index in [1.807, 2.05) is 6.07 Å². The molecule has 106 valence electrons. The van der Waals surface area contributed by atoms with Crippen LogP contribution in [0.2, 0.25) is 0 Å². The monoisotopic (exact) mass is 264 g/mol. The van der Waals surface area contributed by atoms with Gasteiger partial charge in [-0.05, 0) is 24.9 Å². The molecule has 2 unspecified atom stereocenters. The van der Waals surface area contributed by atoms with Gasteiger partial charge in [0.25, 0.3) is 0 Å². The van der Waals surface area contributed by atoms with Crippen molar-refractivity contribution in [2.45, 2.75) is 25.0 Å². The zero-order chi connectivity index (χ0) is 13.5. The third-order valence-corrected chi connectivity index (χ3v) is 3.68.